The third kappa shape index (κ3) is 3.33. The lowest BCUT2D eigenvalue weighted by Gasteiger charge is -2.29. The Kier molecular flexibility index (Phi) is 4.73. The lowest BCUT2D eigenvalue weighted by Crippen LogP contribution is -2.21. The van der Waals surface area contributed by atoms with Gasteiger partial charge in [-0.05, 0) is 34.7 Å². The van der Waals surface area contributed by atoms with Crippen molar-refractivity contribution in [1.29, 1.82) is 0 Å². The van der Waals surface area contributed by atoms with Crippen LogP contribution in [-0.2, 0) is 5.41 Å². The van der Waals surface area contributed by atoms with Gasteiger partial charge in [-0.3, -0.25) is 0 Å². The van der Waals surface area contributed by atoms with Crippen LogP contribution in [0.25, 0.3) is 0 Å². The lowest BCUT2D eigenvalue weighted by molar-refractivity contribution is 0.306. The summed E-state index contributed by atoms with van der Waals surface area (Å²) in [6.07, 6.45) is 6.30. The quantitative estimate of drug-likeness (QED) is 0.841. The molecule has 1 fully saturated rings. The number of halogens is 1. The first-order valence-electron chi connectivity index (χ1n) is 7.66. The Morgan fingerprint density at radius 3 is 2.55 bits per heavy atom. The number of nitrogens with zero attached hydrogens (tertiary/aromatic N) is 2. The van der Waals surface area contributed by atoms with E-state index in [9.17, 15) is 0 Å². The second kappa shape index (κ2) is 6.00. The first-order valence-corrected chi connectivity index (χ1v) is 8.45. The molecule has 1 aliphatic rings. The van der Waals surface area contributed by atoms with Gasteiger partial charge in [-0.15, -0.1) is 0 Å². The first-order chi connectivity index (χ1) is 9.32. The van der Waals surface area contributed by atoms with Gasteiger partial charge in [-0.25, -0.2) is 9.97 Å². The maximum atomic E-state index is 6.09. The van der Waals surface area contributed by atoms with Crippen molar-refractivity contribution in [2.75, 3.05) is 5.73 Å². The van der Waals surface area contributed by atoms with Crippen LogP contribution in [0, 0.1) is 5.92 Å². The van der Waals surface area contributed by atoms with Gasteiger partial charge in [0.25, 0.3) is 0 Å². The smallest absolute Gasteiger partial charge is 0.141 e. The molecule has 0 radical (unpaired) electrons. The Hall–Kier alpha value is -0.640. The van der Waals surface area contributed by atoms with E-state index in [1.54, 1.807) is 0 Å². The summed E-state index contributed by atoms with van der Waals surface area (Å²) in [6, 6.07) is 0. The van der Waals surface area contributed by atoms with E-state index < -0.39 is 0 Å². The van der Waals surface area contributed by atoms with Crippen LogP contribution in [-0.4, -0.2) is 9.97 Å². The molecule has 1 heterocycles. The van der Waals surface area contributed by atoms with Gasteiger partial charge < -0.3 is 5.73 Å². The molecule has 1 aromatic heterocycles. The molecule has 0 saturated heterocycles. The van der Waals surface area contributed by atoms with Crippen LogP contribution in [0.3, 0.4) is 0 Å². The number of hydrogen-bond donors (Lipinski definition) is 1. The number of anilines is 1. The number of rotatable bonds is 2. The minimum absolute atomic E-state index is 0.0243. The zero-order chi connectivity index (χ0) is 14.9. The molecule has 2 N–H and O–H groups in total. The molecule has 0 aliphatic heterocycles. The minimum atomic E-state index is -0.0243. The van der Waals surface area contributed by atoms with Crippen molar-refractivity contribution in [1.82, 2.24) is 9.97 Å². The van der Waals surface area contributed by atoms with Gasteiger partial charge in [-0.2, -0.15) is 0 Å². The van der Waals surface area contributed by atoms with Gasteiger partial charge in [0.15, 0.2) is 0 Å². The fraction of sp³-hybridized carbons (Fsp3) is 0.750. The second-order valence-corrected chi connectivity index (χ2v) is 7.81. The Morgan fingerprint density at radius 2 is 1.95 bits per heavy atom. The Morgan fingerprint density at radius 1 is 1.25 bits per heavy atom. The van der Waals surface area contributed by atoms with Crippen LogP contribution in [0.4, 0.5) is 5.82 Å². The standard InChI is InChI=1S/C16H26BrN3/c1-5-10-7-6-8-11(9-10)15-19-13(16(2,3)4)12(17)14(18)20-15/h10-11H,5-9H2,1-4H3,(H2,18,19,20). The summed E-state index contributed by atoms with van der Waals surface area (Å²) in [5.41, 5.74) is 7.10. The molecule has 1 saturated carbocycles. The van der Waals surface area contributed by atoms with Gasteiger partial charge in [0.2, 0.25) is 0 Å². The molecule has 1 aliphatic carbocycles. The molecule has 112 valence electrons. The number of nitrogens with two attached hydrogens (primary N) is 1. The number of nitrogen functional groups attached to an aromatic ring is 1. The highest BCUT2D eigenvalue weighted by atomic mass is 79.9. The van der Waals surface area contributed by atoms with E-state index in [-0.39, 0.29) is 5.41 Å². The molecule has 1 aromatic rings. The molecule has 0 bridgehead atoms. The maximum Gasteiger partial charge on any atom is 0.141 e. The molecule has 20 heavy (non-hydrogen) atoms. The number of hydrogen-bond acceptors (Lipinski definition) is 3. The van der Waals surface area contributed by atoms with E-state index in [2.05, 4.69) is 48.6 Å². The van der Waals surface area contributed by atoms with E-state index in [4.69, 9.17) is 10.7 Å². The van der Waals surface area contributed by atoms with Crippen molar-refractivity contribution in [2.45, 2.75) is 71.1 Å². The molecular weight excluding hydrogens is 314 g/mol. The zero-order valence-corrected chi connectivity index (χ0v) is 14.6. The van der Waals surface area contributed by atoms with Crippen LogP contribution >= 0.6 is 15.9 Å². The third-order valence-corrected chi connectivity index (χ3v) is 5.11. The number of aromatic nitrogens is 2. The van der Waals surface area contributed by atoms with Gasteiger partial charge >= 0.3 is 0 Å². The van der Waals surface area contributed by atoms with E-state index in [1.165, 1.54) is 32.1 Å². The van der Waals surface area contributed by atoms with Gasteiger partial charge in [0, 0.05) is 11.3 Å². The summed E-state index contributed by atoms with van der Waals surface area (Å²) in [6.45, 7) is 8.78. The fourth-order valence-electron chi connectivity index (χ4n) is 3.06. The molecule has 3 nitrogen and oxygen atoms in total. The van der Waals surface area contributed by atoms with Crippen LogP contribution in [0.2, 0.25) is 0 Å². The molecule has 2 atom stereocenters. The average molecular weight is 340 g/mol. The SMILES string of the molecule is CCC1CCCC(c2nc(N)c(Br)c(C(C)(C)C)n2)C1. The highest BCUT2D eigenvalue weighted by molar-refractivity contribution is 9.10. The second-order valence-electron chi connectivity index (χ2n) is 7.02. The molecule has 4 heteroatoms. The van der Waals surface area contributed by atoms with Crippen LogP contribution < -0.4 is 5.73 Å². The third-order valence-electron chi connectivity index (χ3n) is 4.33. The fourth-order valence-corrected chi connectivity index (χ4v) is 3.83. The summed E-state index contributed by atoms with van der Waals surface area (Å²) in [5.74, 6) is 2.83. The van der Waals surface area contributed by atoms with Crippen molar-refractivity contribution < 1.29 is 0 Å². The van der Waals surface area contributed by atoms with Gasteiger partial charge in [0.05, 0.1) is 10.2 Å². The molecular formula is C16H26BrN3. The van der Waals surface area contributed by atoms with Crippen molar-refractivity contribution in [2.24, 2.45) is 5.92 Å². The van der Waals surface area contributed by atoms with Crippen LogP contribution in [0.1, 0.15) is 77.2 Å². The van der Waals surface area contributed by atoms with Crippen LogP contribution in [0.5, 0.6) is 0 Å². The minimum Gasteiger partial charge on any atom is -0.383 e. The summed E-state index contributed by atoms with van der Waals surface area (Å²) < 4.78 is 0.858. The van der Waals surface area contributed by atoms with Crippen molar-refractivity contribution >= 4 is 21.7 Å². The molecule has 0 aromatic carbocycles. The molecule has 2 unspecified atom stereocenters. The van der Waals surface area contributed by atoms with Gasteiger partial charge in [-0.1, -0.05) is 47.0 Å². The topological polar surface area (TPSA) is 51.8 Å². The molecule has 0 spiro atoms. The van der Waals surface area contributed by atoms with E-state index in [1.807, 2.05) is 0 Å². The van der Waals surface area contributed by atoms with E-state index in [0.717, 1.165) is 21.9 Å². The zero-order valence-electron chi connectivity index (χ0n) is 13.0. The normalized spacial score (nSPS) is 23.9. The summed E-state index contributed by atoms with van der Waals surface area (Å²) in [7, 11) is 0. The lowest BCUT2D eigenvalue weighted by atomic mass is 9.79. The largest absolute Gasteiger partial charge is 0.383 e. The Balaban J connectivity index is 2.35. The van der Waals surface area contributed by atoms with Crippen molar-refractivity contribution in [3.8, 4) is 0 Å². The van der Waals surface area contributed by atoms with Crippen molar-refractivity contribution in [3.05, 3.63) is 16.0 Å². The average Bonchev–Trinajstić information content (AvgIpc) is 2.40. The highest BCUT2D eigenvalue weighted by Gasteiger charge is 2.28. The monoisotopic (exact) mass is 339 g/mol. The summed E-state index contributed by atoms with van der Waals surface area (Å²) >= 11 is 3.55. The van der Waals surface area contributed by atoms with Crippen LogP contribution in [0.15, 0.2) is 4.47 Å². The Bertz CT molecular complexity index is 479. The van der Waals surface area contributed by atoms with E-state index >= 15 is 0 Å². The molecule has 2 rings (SSSR count). The molecule has 0 amide bonds. The summed E-state index contributed by atoms with van der Waals surface area (Å²) in [5, 5.41) is 0. The summed E-state index contributed by atoms with van der Waals surface area (Å²) in [4.78, 5) is 9.42. The first kappa shape index (κ1) is 15.7. The predicted octanol–water partition coefficient (Wildman–Crippen LogP) is 4.80. The predicted molar refractivity (Wildman–Crippen MR) is 87.8 cm³/mol. The van der Waals surface area contributed by atoms with Crippen molar-refractivity contribution in [3.63, 3.8) is 0 Å². The van der Waals surface area contributed by atoms with Gasteiger partial charge in [0.1, 0.15) is 11.6 Å². The Labute approximate surface area is 130 Å². The van der Waals surface area contributed by atoms with E-state index in [0.29, 0.717) is 11.7 Å². The highest BCUT2D eigenvalue weighted by Crippen LogP contribution is 2.38. The maximum absolute atomic E-state index is 6.09.